The van der Waals surface area contributed by atoms with Crippen molar-refractivity contribution >= 4 is 62.3 Å². The molecule has 2 rings (SSSR count). The van der Waals surface area contributed by atoms with E-state index in [9.17, 15) is 10.1 Å². The maximum absolute atomic E-state index is 11.0. The van der Waals surface area contributed by atoms with Crippen LogP contribution in [-0.2, 0) is 0 Å². The number of nitrogens with zero attached hydrogens (tertiary/aromatic N) is 3. The van der Waals surface area contributed by atoms with Gasteiger partial charge in [0, 0.05) is 11.5 Å². The zero-order valence-corrected chi connectivity index (χ0v) is 13.6. The summed E-state index contributed by atoms with van der Waals surface area (Å²) in [5.41, 5.74) is 0.123. The van der Waals surface area contributed by atoms with Crippen molar-refractivity contribution in [3.63, 3.8) is 0 Å². The van der Waals surface area contributed by atoms with E-state index in [0.29, 0.717) is 15.2 Å². The molecule has 0 atom stereocenters. The van der Waals surface area contributed by atoms with Crippen LogP contribution in [0, 0.1) is 10.1 Å². The number of benzene rings is 1. The van der Waals surface area contributed by atoms with Gasteiger partial charge in [0.25, 0.3) is 0 Å². The van der Waals surface area contributed by atoms with Crippen LogP contribution >= 0.6 is 39.1 Å². The van der Waals surface area contributed by atoms with Crippen molar-refractivity contribution in [3.8, 4) is 0 Å². The maximum atomic E-state index is 11.0. The number of anilines is 3. The van der Waals surface area contributed by atoms with Crippen LogP contribution in [0.2, 0.25) is 10.0 Å². The number of nitro groups is 1. The zero-order chi connectivity index (χ0) is 15.6. The molecule has 1 aromatic carbocycles. The van der Waals surface area contributed by atoms with Crippen LogP contribution in [0.15, 0.2) is 22.8 Å². The first-order chi connectivity index (χ1) is 9.93. The Morgan fingerprint density at radius 2 is 2.05 bits per heavy atom. The molecule has 2 aromatic rings. The lowest BCUT2D eigenvalue weighted by Gasteiger charge is -2.10. The first kappa shape index (κ1) is 15.7. The van der Waals surface area contributed by atoms with Gasteiger partial charge in [0.1, 0.15) is 6.20 Å². The molecule has 0 fully saturated rings. The van der Waals surface area contributed by atoms with Gasteiger partial charge in [-0.15, -0.1) is 0 Å². The molecule has 1 heterocycles. The second-order valence-corrected chi connectivity index (χ2v) is 5.39. The third-order valence-electron chi connectivity index (χ3n) is 2.48. The number of aromatic nitrogens is 2. The molecule has 0 spiro atoms. The average Bonchev–Trinajstić information content (AvgIpc) is 2.47. The molecule has 0 saturated carbocycles. The fourth-order valence-corrected chi connectivity index (χ4v) is 2.29. The van der Waals surface area contributed by atoms with Gasteiger partial charge in [-0.2, -0.15) is 4.98 Å². The molecule has 2 N–H and O–H groups in total. The van der Waals surface area contributed by atoms with E-state index in [1.54, 1.807) is 19.2 Å². The van der Waals surface area contributed by atoms with Crippen molar-refractivity contribution in [2.45, 2.75) is 0 Å². The Balaban J connectivity index is 2.48. The molecule has 0 saturated heterocycles. The van der Waals surface area contributed by atoms with Crippen molar-refractivity contribution in [3.05, 3.63) is 43.0 Å². The van der Waals surface area contributed by atoms with E-state index in [1.807, 2.05) is 0 Å². The van der Waals surface area contributed by atoms with E-state index in [1.165, 1.54) is 0 Å². The first-order valence-corrected chi connectivity index (χ1v) is 7.08. The number of hydrogen-bond acceptors (Lipinski definition) is 6. The van der Waals surface area contributed by atoms with E-state index >= 15 is 0 Å². The molecule has 7 nitrogen and oxygen atoms in total. The van der Waals surface area contributed by atoms with Crippen molar-refractivity contribution in [2.75, 3.05) is 17.7 Å². The predicted molar refractivity (Wildman–Crippen MR) is 85.7 cm³/mol. The molecule has 21 heavy (non-hydrogen) atoms. The monoisotopic (exact) mass is 391 g/mol. The van der Waals surface area contributed by atoms with Crippen LogP contribution < -0.4 is 10.6 Å². The second-order valence-electron chi connectivity index (χ2n) is 3.78. The summed E-state index contributed by atoms with van der Waals surface area (Å²) in [5, 5.41) is 17.0. The van der Waals surface area contributed by atoms with Crippen molar-refractivity contribution in [1.29, 1.82) is 0 Å². The van der Waals surface area contributed by atoms with Gasteiger partial charge in [-0.1, -0.05) is 23.2 Å². The summed E-state index contributed by atoms with van der Waals surface area (Å²) in [6.45, 7) is 0. The molecule has 10 heteroatoms. The molecule has 0 amide bonds. The van der Waals surface area contributed by atoms with Gasteiger partial charge in [-0.05, 0) is 28.1 Å². The van der Waals surface area contributed by atoms with Gasteiger partial charge in [0.2, 0.25) is 11.8 Å². The third kappa shape index (κ3) is 3.34. The van der Waals surface area contributed by atoms with Crippen LogP contribution in [0.5, 0.6) is 0 Å². The Morgan fingerprint density at radius 1 is 1.33 bits per heavy atom. The Hall–Kier alpha value is -1.64. The molecule has 110 valence electrons. The minimum absolute atomic E-state index is 0.0136. The lowest BCUT2D eigenvalue weighted by Crippen LogP contribution is -2.04. The van der Waals surface area contributed by atoms with Gasteiger partial charge in [-0.3, -0.25) is 10.1 Å². The van der Waals surface area contributed by atoms with Gasteiger partial charge < -0.3 is 10.6 Å². The fourth-order valence-electron chi connectivity index (χ4n) is 1.47. The van der Waals surface area contributed by atoms with Gasteiger partial charge in [0.05, 0.1) is 20.7 Å². The zero-order valence-electron chi connectivity index (χ0n) is 10.5. The Morgan fingerprint density at radius 3 is 2.67 bits per heavy atom. The second kappa shape index (κ2) is 6.42. The standard InChI is InChI=1S/C11H8BrCl2N5O2/c1-15-11-16-4-7(19(20)21)10(18-11)17-6-3-2-5(12)8(13)9(6)14/h2-4H,1H3,(H2,15,16,17,18). The summed E-state index contributed by atoms with van der Waals surface area (Å²) in [5.74, 6) is 0.252. The minimum atomic E-state index is -0.587. The first-order valence-electron chi connectivity index (χ1n) is 5.53. The number of nitrogens with one attached hydrogen (secondary N) is 2. The highest BCUT2D eigenvalue weighted by Gasteiger charge is 2.19. The van der Waals surface area contributed by atoms with E-state index < -0.39 is 4.92 Å². The molecule has 0 aliphatic carbocycles. The maximum Gasteiger partial charge on any atom is 0.329 e. The highest BCUT2D eigenvalue weighted by atomic mass is 79.9. The highest BCUT2D eigenvalue weighted by Crippen LogP contribution is 2.38. The molecule has 0 unspecified atom stereocenters. The fraction of sp³-hybridized carbons (Fsp3) is 0.0909. The summed E-state index contributed by atoms with van der Waals surface area (Å²) in [6, 6.07) is 3.30. The third-order valence-corrected chi connectivity index (χ3v) is 4.25. The van der Waals surface area contributed by atoms with Crippen molar-refractivity contribution in [2.24, 2.45) is 0 Å². The number of hydrogen-bond donors (Lipinski definition) is 2. The van der Waals surface area contributed by atoms with Crippen LogP contribution in [-0.4, -0.2) is 21.9 Å². The van der Waals surface area contributed by atoms with Crippen molar-refractivity contribution in [1.82, 2.24) is 9.97 Å². The molecule has 0 radical (unpaired) electrons. The largest absolute Gasteiger partial charge is 0.357 e. The van der Waals surface area contributed by atoms with E-state index in [-0.39, 0.29) is 22.5 Å². The van der Waals surface area contributed by atoms with Crippen LogP contribution in [0.3, 0.4) is 0 Å². The SMILES string of the molecule is CNc1ncc([N+](=O)[O-])c(Nc2ccc(Br)c(Cl)c2Cl)n1. The molecular weight excluding hydrogens is 385 g/mol. The van der Waals surface area contributed by atoms with Crippen molar-refractivity contribution < 1.29 is 4.92 Å². The van der Waals surface area contributed by atoms with E-state index in [0.717, 1.165) is 6.20 Å². The molecule has 0 aliphatic rings. The lowest BCUT2D eigenvalue weighted by molar-refractivity contribution is -0.384. The van der Waals surface area contributed by atoms with Crippen LogP contribution in [0.1, 0.15) is 0 Å². The topological polar surface area (TPSA) is 93.0 Å². The summed E-state index contributed by atoms with van der Waals surface area (Å²) in [7, 11) is 1.61. The summed E-state index contributed by atoms with van der Waals surface area (Å²) in [6.07, 6.45) is 1.11. The highest BCUT2D eigenvalue weighted by molar-refractivity contribution is 9.10. The Labute approximate surface area is 138 Å². The predicted octanol–water partition coefficient (Wildman–Crippen LogP) is 4.24. The van der Waals surface area contributed by atoms with Crippen LogP contribution in [0.4, 0.5) is 23.1 Å². The smallest absolute Gasteiger partial charge is 0.329 e. The lowest BCUT2D eigenvalue weighted by atomic mass is 10.3. The number of rotatable bonds is 4. The van der Waals surface area contributed by atoms with Crippen LogP contribution in [0.25, 0.3) is 0 Å². The van der Waals surface area contributed by atoms with Gasteiger partial charge in [-0.25, -0.2) is 4.98 Å². The normalized spacial score (nSPS) is 10.3. The molecular formula is C11H8BrCl2N5O2. The van der Waals surface area contributed by atoms with E-state index in [4.69, 9.17) is 23.2 Å². The quantitative estimate of drug-likeness (QED) is 0.459. The molecule has 1 aromatic heterocycles. The summed E-state index contributed by atoms with van der Waals surface area (Å²) in [4.78, 5) is 18.2. The minimum Gasteiger partial charge on any atom is -0.357 e. The average molecular weight is 393 g/mol. The van der Waals surface area contributed by atoms with Gasteiger partial charge >= 0.3 is 5.69 Å². The Kier molecular flexibility index (Phi) is 4.81. The van der Waals surface area contributed by atoms with E-state index in [2.05, 4.69) is 36.5 Å². The van der Waals surface area contributed by atoms with Gasteiger partial charge in [0.15, 0.2) is 0 Å². The molecule has 0 aliphatic heterocycles. The molecule has 0 bridgehead atoms. The summed E-state index contributed by atoms with van der Waals surface area (Å²) < 4.78 is 0.618. The Bertz CT molecular complexity index is 713. The number of halogens is 3. The summed E-state index contributed by atoms with van der Waals surface area (Å²) >= 11 is 15.4.